The number of carbonyl (C=O) groups excluding carboxylic acids is 1. The number of halogens is 1. The molecule has 0 unspecified atom stereocenters. The number of carbonyl (C=O) groups is 1. The Hall–Kier alpha value is -3.03. The van der Waals surface area contributed by atoms with Gasteiger partial charge < -0.3 is 5.32 Å². The Labute approximate surface area is 169 Å². The molecule has 0 fully saturated rings. The van der Waals surface area contributed by atoms with Gasteiger partial charge in [-0.1, -0.05) is 41.1 Å². The lowest BCUT2D eigenvalue weighted by atomic mass is 10.1. The maximum Gasteiger partial charge on any atom is 0.288 e. The van der Waals surface area contributed by atoms with Gasteiger partial charge in [0, 0.05) is 17.1 Å². The zero-order valence-corrected chi connectivity index (χ0v) is 16.2. The summed E-state index contributed by atoms with van der Waals surface area (Å²) in [7, 11) is 0. The summed E-state index contributed by atoms with van der Waals surface area (Å²) in [5.41, 5.74) is 2.78. The number of amides is 1. The Morgan fingerprint density at radius 3 is 2.71 bits per heavy atom. The molecule has 28 heavy (non-hydrogen) atoms. The third kappa shape index (κ3) is 3.95. The molecule has 0 atom stereocenters. The molecule has 1 N–H and O–H groups in total. The lowest BCUT2D eigenvalue weighted by molar-refractivity contribution is 0.0951. The van der Waals surface area contributed by atoms with Crippen molar-refractivity contribution in [1.29, 1.82) is 0 Å². The second kappa shape index (κ2) is 7.92. The summed E-state index contributed by atoms with van der Waals surface area (Å²) >= 11 is 7.30. The van der Waals surface area contributed by atoms with Gasteiger partial charge in [-0.2, -0.15) is 0 Å². The van der Waals surface area contributed by atoms with Crippen LogP contribution in [-0.2, 0) is 13.1 Å². The number of rotatable bonds is 5. The first-order chi connectivity index (χ1) is 13.6. The number of fused-ring (bicyclic) bond motifs is 1. The highest BCUT2D eigenvalue weighted by molar-refractivity contribution is 7.17. The van der Waals surface area contributed by atoms with E-state index in [0.29, 0.717) is 33.9 Å². The van der Waals surface area contributed by atoms with Gasteiger partial charge in [-0.05, 0) is 46.8 Å². The number of nitrogens with one attached hydrogen (secondary N) is 1. The molecule has 2 heterocycles. The van der Waals surface area contributed by atoms with Crippen molar-refractivity contribution in [2.75, 3.05) is 0 Å². The molecule has 0 aliphatic carbocycles. The van der Waals surface area contributed by atoms with Crippen molar-refractivity contribution in [3.05, 3.63) is 92.0 Å². The molecule has 0 radical (unpaired) electrons. The van der Waals surface area contributed by atoms with Crippen LogP contribution in [0.3, 0.4) is 0 Å². The largest absolute Gasteiger partial charge is 0.348 e. The Morgan fingerprint density at radius 2 is 1.93 bits per heavy atom. The van der Waals surface area contributed by atoms with E-state index in [-0.39, 0.29) is 11.5 Å². The van der Waals surface area contributed by atoms with E-state index in [0.717, 1.165) is 11.1 Å². The Kier molecular flexibility index (Phi) is 5.18. The van der Waals surface area contributed by atoms with Crippen LogP contribution in [0.2, 0.25) is 5.02 Å². The lowest BCUT2D eigenvalue weighted by Gasteiger charge is -2.07. The Morgan fingerprint density at radius 1 is 1.11 bits per heavy atom. The second-order valence-corrected chi connectivity index (χ2v) is 7.55. The fourth-order valence-electron chi connectivity index (χ4n) is 2.77. The van der Waals surface area contributed by atoms with Gasteiger partial charge in [0.25, 0.3) is 11.5 Å². The standard InChI is InChI=1S/C20H15ClN4O2S/c21-16-3-1-2-14(10-16)11-22-19(26)15-6-4-13(5-7-15)12-25-20(27)18-17(23-24-25)8-9-28-18/h1-10H,11-12H2,(H,22,26). The van der Waals surface area contributed by atoms with Gasteiger partial charge in [-0.3, -0.25) is 9.59 Å². The van der Waals surface area contributed by atoms with Crippen molar-refractivity contribution < 1.29 is 4.79 Å². The first kappa shape index (κ1) is 18.3. The van der Waals surface area contributed by atoms with Crippen LogP contribution in [0.4, 0.5) is 0 Å². The van der Waals surface area contributed by atoms with Crippen LogP contribution < -0.4 is 10.9 Å². The molecule has 6 nitrogen and oxygen atoms in total. The molecule has 2 aromatic heterocycles. The molecule has 1 amide bonds. The number of nitrogens with zero attached hydrogens (tertiary/aromatic N) is 3. The Bertz CT molecular complexity index is 1200. The van der Waals surface area contributed by atoms with E-state index >= 15 is 0 Å². The van der Waals surface area contributed by atoms with Crippen LogP contribution in [0.5, 0.6) is 0 Å². The number of aromatic nitrogens is 3. The molecule has 0 bridgehead atoms. The summed E-state index contributed by atoms with van der Waals surface area (Å²) in [6, 6.07) is 16.2. The van der Waals surface area contributed by atoms with Crippen LogP contribution in [0.1, 0.15) is 21.5 Å². The van der Waals surface area contributed by atoms with Crippen molar-refractivity contribution in [2.45, 2.75) is 13.1 Å². The van der Waals surface area contributed by atoms with Gasteiger partial charge >= 0.3 is 0 Å². The highest BCUT2D eigenvalue weighted by Gasteiger charge is 2.09. The molecule has 140 valence electrons. The van der Waals surface area contributed by atoms with Gasteiger partial charge in [0.05, 0.1) is 6.54 Å². The molecule has 0 aliphatic rings. The van der Waals surface area contributed by atoms with E-state index < -0.39 is 0 Å². The van der Waals surface area contributed by atoms with E-state index in [4.69, 9.17) is 11.6 Å². The fraction of sp³-hybridized carbons (Fsp3) is 0.100. The smallest absolute Gasteiger partial charge is 0.288 e. The first-order valence-corrected chi connectivity index (χ1v) is 9.78. The van der Waals surface area contributed by atoms with Crippen LogP contribution in [0.25, 0.3) is 10.2 Å². The molecule has 0 saturated carbocycles. The van der Waals surface area contributed by atoms with Gasteiger partial charge in [0.15, 0.2) is 0 Å². The number of hydrogen-bond acceptors (Lipinski definition) is 5. The first-order valence-electron chi connectivity index (χ1n) is 8.53. The lowest BCUT2D eigenvalue weighted by Crippen LogP contribution is -2.24. The van der Waals surface area contributed by atoms with Crippen molar-refractivity contribution in [3.63, 3.8) is 0 Å². The van der Waals surface area contributed by atoms with Gasteiger partial charge in [0.2, 0.25) is 0 Å². The van der Waals surface area contributed by atoms with Crippen LogP contribution in [0.15, 0.2) is 64.8 Å². The van der Waals surface area contributed by atoms with E-state index in [2.05, 4.69) is 15.6 Å². The van der Waals surface area contributed by atoms with Gasteiger partial charge in [0.1, 0.15) is 10.2 Å². The second-order valence-electron chi connectivity index (χ2n) is 6.20. The molecule has 0 saturated heterocycles. The van der Waals surface area contributed by atoms with Gasteiger partial charge in [-0.25, -0.2) is 4.68 Å². The third-order valence-corrected chi connectivity index (χ3v) is 5.35. The monoisotopic (exact) mass is 410 g/mol. The SMILES string of the molecule is O=C(NCc1cccc(Cl)c1)c1ccc(Cn2nnc3ccsc3c2=O)cc1. The van der Waals surface area contributed by atoms with E-state index in [1.807, 2.05) is 23.6 Å². The average molecular weight is 411 g/mol. The van der Waals surface area contributed by atoms with E-state index in [1.165, 1.54) is 16.0 Å². The minimum absolute atomic E-state index is 0.164. The number of thiophene rings is 1. The maximum absolute atomic E-state index is 12.4. The molecule has 0 aliphatic heterocycles. The van der Waals surface area contributed by atoms with Crippen LogP contribution in [-0.4, -0.2) is 20.9 Å². The normalized spacial score (nSPS) is 10.9. The zero-order chi connectivity index (χ0) is 19.5. The molecule has 0 spiro atoms. The molecular formula is C20H15ClN4O2S. The summed E-state index contributed by atoms with van der Waals surface area (Å²) in [5.74, 6) is -0.177. The summed E-state index contributed by atoms with van der Waals surface area (Å²) < 4.78 is 1.92. The minimum Gasteiger partial charge on any atom is -0.348 e. The highest BCUT2D eigenvalue weighted by Crippen LogP contribution is 2.13. The highest BCUT2D eigenvalue weighted by atomic mass is 35.5. The molecule has 4 rings (SSSR count). The molecular weight excluding hydrogens is 396 g/mol. The van der Waals surface area contributed by atoms with Crippen LogP contribution in [0, 0.1) is 0 Å². The summed E-state index contributed by atoms with van der Waals surface area (Å²) in [6.45, 7) is 0.692. The number of benzene rings is 2. The predicted molar refractivity (Wildman–Crippen MR) is 110 cm³/mol. The van der Waals surface area contributed by atoms with E-state index in [1.54, 1.807) is 36.4 Å². The van der Waals surface area contributed by atoms with Crippen molar-refractivity contribution in [1.82, 2.24) is 20.3 Å². The fourth-order valence-corrected chi connectivity index (χ4v) is 3.75. The summed E-state index contributed by atoms with van der Waals surface area (Å²) in [6.07, 6.45) is 0. The van der Waals surface area contributed by atoms with Crippen molar-refractivity contribution in [2.24, 2.45) is 0 Å². The number of hydrogen-bond donors (Lipinski definition) is 1. The molecule has 2 aromatic carbocycles. The average Bonchev–Trinajstić information content (AvgIpc) is 3.19. The quantitative estimate of drug-likeness (QED) is 0.546. The third-order valence-electron chi connectivity index (χ3n) is 4.22. The van der Waals surface area contributed by atoms with Gasteiger partial charge in [-0.15, -0.1) is 16.4 Å². The summed E-state index contributed by atoms with van der Waals surface area (Å²) in [5, 5.41) is 13.3. The molecule has 8 heteroatoms. The van der Waals surface area contributed by atoms with E-state index in [9.17, 15) is 9.59 Å². The summed E-state index contributed by atoms with van der Waals surface area (Å²) in [4.78, 5) is 24.7. The topological polar surface area (TPSA) is 76.9 Å². The zero-order valence-electron chi connectivity index (χ0n) is 14.6. The van der Waals surface area contributed by atoms with Crippen molar-refractivity contribution in [3.8, 4) is 0 Å². The Balaban J connectivity index is 1.43. The maximum atomic E-state index is 12.4. The van der Waals surface area contributed by atoms with Crippen LogP contribution >= 0.6 is 22.9 Å². The molecule has 4 aromatic rings. The van der Waals surface area contributed by atoms with Crippen molar-refractivity contribution >= 4 is 39.1 Å². The minimum atomic E-state index is -0.177. The predicted octanol–water partition coefficient (Wildman–Crippen LogP) is 3.48.